The Bertz CT molecular complexity index is 483. The van der Waals surface area contributed by atoms with Gasteiger partial charge in [0.25, 0.3) is 5.91 Å². The number of carbonyl (C=O) groups is 2. The number of nitrogens with zero attached hydrogens (tertiary/aromatic N) is 1. The van der Waals surface area contributed by atoms with Crippen LogP contribution in [0.15, 0.2) is 29.4 Å². The number of aromatic hydroxyl groups is 1. The van der Waals surface area contributed by atoms with E-state index < -0.39 is 5.91 Å². The van der Waals surface area contributed by atoms with Crippen LogP contribution in [-0.2, 0) is 4.79 Å². The van der Waals surface area contributed by atoms with Crippen LogP contribution in [0.1, 0.15) is 24.2 Å². The monoisotopic (exact) mass is 249 g/mol. The van der Waals surface area contributed by atoms with E-state index in [1.165, 1.54) is 19.1 Å². The fraction of sp³-hybridized carbons (Fsp3) is 0.250. The summed E-state index contributed by atoms with van der Waals surface area (Å²) in [5.41, 5.74) is 3.00. The lowest BCUT2D eigenvalue weighted by atomic mass is 10.2. The zero-order chi connectivity index (χ0) is 13.5. The van der Waals surface area contributed by atoms with Gasteiger partial charge in [0.1, 0.15) is 5.75 Å². The molecule has 0 bridgehead atoms. The summed E-state index contributed by atoms with van der Waals surface area (Å²) in [6, 6.07) is 6.17. The van der Waals surface area contributed by atoms with Crippen molar-refractivity contribution in [3.05, 3.63) is 29.8 Å². The second-order valence-corrected chi connectivity index (χ2v) is 3.71. The molecule has 0 aliphatic rings. The Morgan fingerprint density at radius 3 is 2.56 bits per heavy atom. The van der Waals surface area contributed by atoms with Crippen LogP contribution in [0.25, 0.3) is 0 Å². The molecule has 0 saturated heterocycles. The number of hydrogen-bond donors (Lipinski definition) is 3. The van der Waals surface area contributed by atoms with Gasteiger partial charge < -0.3 is 10.4 Å². The SMILES string of the molecule is CC(=O)NCC(C)=NNC(=O)c1ccccc1O. The molecule has 0 heterocycles. The quantitative estimate of drug-likeness (QED) is 0.540. The number of phenolic OH excluding ortho intramolecular Hbond substituents is 1. The molecule has 6 nitrogen and oxygen atoms in total. The lowest BCUT2D eigenvalue weighted by molar-refractivity contribution is -0.118. The van der Waals surface area contributed by atoms with Crippen LogP contribution < -0.4 is 10.7 Å². The number of carbonyl (C=O) groups excluding carboxylic acids is 2. The maximum atomic E-state index is 11.6. The molecule has 0 radical (unpaired) electrons. The average Bonchev–Trinajstić information content (AvgIpc) is 2.34. The van der Waals surface area contributed by atoms with Crippen LogP contribution >= 0.6 is 0 Å². The fourth-order valence-corrected chi connectivity index (χ4v) is 1.16. The molecule has 0 fully saturated rings. The molecule has 0 atom stereocenters. The fourth-order valence-electron chi connectivity index (χ4n) is 1.16. The highest BCUT2D eigenvalue weighted by Gasteiger charge is 2.08. The van der Waals surface area contributed by atoms with Gasteiger partial charge in [-0.15, -0.1) is 0 Å². The van der Waals surface area contributed by atoms with Gasteiger partial charge in [0.2, 0.25) is 5.91 Å². The van der Waals surface area contributed by atoms with Gasteiger partial charge in [-0.3, -0.25) is 9.59 Å². The smallest absolute Gasteiger partial charge is 0.275 e. The predicted octanol–water partition coefficient (Wildman–Crippen LogP) is 0.634. The largest absolute Gasteiger partial charge is 0.507 e. The topological polar surface area (TPSA) is 90.8 Å². The van der Waals surface area contributed by atoms with Crippen LogP contribution in [0.2, 0.25) is 0 Å². The number of para-hydroxylation sites is 1. The Hall–Kier alpha value is -2.37. The summed E-state index contributed by atoms with van der Waals surface area (Å²) in [6.07, 6.45) is 0. The third-order valence-electron chi connectivity index (χ3n) is 2.09. The van der Waals surface area contributed by atoms with E-state index >= 15 is 0 Å². The molecule has 3 N–H and O–H groups in total. The Labute approximate surface area is 105 Å². The maximum absolute atomic E-state index is 11.6. The molecule has 0 spiro atoms. The second-order valence-electron chi connectivity index (χ2n) is 3.71. The van der Waals surface area contributed by atoms with E-state index in [4.69, 9.17) is 0 Å². The van der Waals surface area contributed by atoms with Crippen molar-refractivity contribution >= 4 is 17.5 Å². The van der Waals surface area contributed by atoms with E-state index in [1.807, 2.05) is 0 Å². The first-order chi connectivity index (χ1) is 8.50. The molecule has 1 aromatic rings. The molecule has 96 valence electrons. The minimum absolute atomic E-state index is 0.107. The van der Waals surface area contributed by atoms with Crippen molar-refractivity contribution < 1.29 is 14.7 Å². The van der Waals surface area contributed by atoms with E-state index in [-0.39, 0.29) is 23.8 Å². The van der Waals surface area contributed by atoms with Crippen molar-refractivity contribution in [1.29, 1.82) is 0 Å². The van der Waals surface area contributed by atoms with Crippen LogP contribution in [0.4, 0.5) is 0 Å². The summed E-state index contributed by atoms with van der Waals surface area (Å²) < 4.78 is 0. The van der Waals surface area contributed by atoms with E-state index in [0.717, 1.165) is 0 Å². The van der Waals surface area contributed by atoms with Gasteiger partial charge in [-0.05, 0) is 19.1 Å². The molecular formula is C12H15N3O3. The van der Waals surface area contributed by atoms with Gasteiger partial charge in [-0.2, -0.15) is 5.10 Å². The maximum Gasteiger partial charge on any atom is 0.275 e. The Morgan fingerprint density at radius 1 is 1.28 bits per heavy atom. The van der Waals surface area contributed by atoms with Crippen molar-refractivity contribution in [3.8, 4) is 5.75 Å². The molecule has 0 saturated carbocycles. The number of benzene rings is 1. The number of nitrogens with one attached hydrogen (secondary N) is 2. The number of phenols is 1. The van der Waals surface area contributed by atoms with Crippen LogP contribution in [0.5, 0.6) is 5.75 Å². The highest BCUT2D eigenvalue weighted by Crippen LogP contribution is 2.14. The van der Waals surface area contributed by atoms with Gasteiger partial charge in [0.05, 0.1) is 17.8 Å². The number of hydrogen-bond acceptors (Lipinski definition) is 4. The molecule has 1 aromatic carbocycles. The number of amides is 2. The van der Waals surface area contributed by atoms with Crippen molar-refractivity contribution in [2.24, 2.45) is 5.10 Å². The van der Waals surface area contributed by atoms with E-state index in [9.17, 15) is 14.7 Å². The first kappa shape index (κ1) is 13.7. The summed E-state index contributed by atoms with van der Waals surface area (Å²) in [6.45, 7) is 3.32. The third-order valence-corrected chi connectivity index (χ3v) is 2.09. The van der Waals surface area contributed by atoms with Gasteiger partial charge in [-0.25, -0.2) is 5.43 Å². The van der Waals surface area contributed by atoms with Crippen LogP contribution in [0.3, 0.4) is 0 Å². The lowest BCUT2D eigenvalue weighted by Gasteiger charge is -2.04. The molecule has 6 heteroatoms. The van der Waals surface area contributed by atoms with Crippen molar-refractivity contribution in [2.75, 3.05) is 6.54 Å². The summed E-state index contributed by atoms with van der Waals surface area (Å²) >= 11 is 0. The van der Waals surface area contributed by atoms with E-state index in [0.29, 0.717) is 5.71 Å². The van der Waals surface area contributed by atoms with Crippen molar-refractivity contribution in [2.45, 2.75) is 13.8 Å². The van der Waals surface area contributed by atoms with Crippen molar-refractivity contribution in [3.63, 3.8) is 0 Å². The molecular weight excluding hydrogens is 234 g/mol. The molecule has 0 aromatic heterocycles. The zero-order valence-electron chi connectivity index (χ0n) is 10.2. The molecule has 0 aliphatic carbocycles. The Kier molecular flexibility index (Phi) is 4.86. The van der Waals surface area contributed by atoms with Crippen LogP contribution in [0, 0.1) is 0 Å². The van der Waals surface area contributed by atoms with Crippen molar-refractivity contribution in [1.82, 2.24) is 10.7 Å². The summed E-state index contributed by atoms with van der Waals surface area (Å²) in [4.78, 5) is 22.3. The minimum Gasteiger partial charge on any atom is -0.507 e. The average molecular weight is 249 g/mol. The van der Waals surface area contributed by atoms with Gasteiger partial charge in [0, 0.05) is 6.92 Å². The molecule has 2 amide bonds. The van der Waals surface area contributed by atoms with Gasteiger partial charge in [-0.1, -0.05) is 12.1 Å². The summed E-state index contributed by atoms with van der Waals surface area (Å²) in [5.74, 6) is -0.781. The summed E-state index contributed by atoms with van der Waals surface area (Å²) in [5, 5.41) is 15.8. The standard InChI is InChI=1S/C12H15N3O3/c1-8(7-13-9(2)16)14-15-12(18)10-5-3-4-6-11(10)17/h3-6,17H,7H2,1-2H3,(H,13,16)(H,15,18). The van der Waals surface area contributed by atoms with Gasteiger partial charge >= 0.3 is 0 Å². The summed E-state index contributed by atoms with van der Waals surface area (Å²) in [7, 11) is 0. The normalized spacial score (nSPS) is 10.9. The molecule has 0 aliphatic heterocycles. The predicted molar refractivity (Wildman–Crippen MR) is 67.4 cm³/mol. The first-order valence-electron chi connectivity index (χ1n) is 5.36. The number of rotatable bonds is 4. The van der Waals surface area contributed by atoms with Gasteiger partial charge in [0.15, 0.2) is 0 Å². The highest BCUT2D eigenvalue weighted by molar-refractivity contribution is 5.97. The Balaban J connectivity index is 2.58. The van der Waals surface area contributed by atoms with E-state index in [1.54, 1.807) is 19.1 Å². The van der Waals surface area contributed by atoms with Crippen LogP contribution in [-0.4, -0.2) is 29.2 Å². The molecule has 0 unspecified atom stereocenters. The number of hydrazone groups is 1. The third kappa shape index (κ3) is 4.25. The lowest BCUT2D eigenvalue weighted by Crippen LogP contribution is -2.28. The Morgan fingerprint density at radius 2 is 1.94 bits per heavy atom. The molecule has 18 heavy (non-hydrogen) atoms. The first-order valence-corrected chi connectivity index (χ1v) is 5.36. The second kappa shape index (κ2) is 6.39. The highest BCUT2D eigenvalue weighted by atomic mass is 16.3. The zero-order valence-corrected chi connectivity index (χ0v) is 10.2. The van der Waals surface area contributed by atoms with E-state index in [2.05, 4.69) is 15.8 Å². The minimum atomic E-state index is -0.504. The molecule has 1 rings (SSSR count).